The van der Waals surface area contributed by atoms with E-state index in [0.29, 0.717) is 12.0 Å². The van der Waals surface area contributed by atoms with Gasteiger partial charge in [0.2, 0.25) is 0 Å². The first-order chi connectivity index (χ1) is 7.68. The molecule has 16 heavy (non-hydrogen) atoms. The largest absolute Gasteiger partial charge is 0.507 e. The topological polar surface area (TPSA) is 57.5 Å². The zero-order chi connectivity index (χ0) is 11.5. The number of carboxylic acid groups (broad SMARTS) is 1. The summed E-state index contributed by atoms with van der Waals surface area (Å²) in [4.78, 5) is 12.1. The second-order valence-electron chi connectivity index (χ2n) is 3.37. The number of aromatic hydroxyl groups is 1. The lowest BCUT2D eigenvalue weighted by molar-refractivity contribution is 0.0692. The summed E-state index contributed by atoms with van der Waals surface area (Å²) in [6, 6.07) is 8.64. The summed E-state index contributed by atoms with van der Waals surface area (Å²) in [6.45, 7) is 0. The molecule has 4 heteroatoms. The minimum absolute atomic E-state index is 0.00380. The van der Waals surface area contributed by atoms with Crippen molar-refractivity contribution < 1.29 is 15.0 Å². The first-order valence-electron chi connectivity index (χ1n) is 4.75. The van der Waals surface area contributed by atoms with Crippen LogP contribution in [0.3, 0.4) is 0 Å². The van der Waals surface area contributed by atoms with Crippen LogP contribution in [0.4, 0.5) is 0 Å². The van der Waals surface area contributed by atoms with Crippen molar-refractivity contribution in [3.8, 4) is 5.75 Å². The molecule has 0 amide bonds. The Kier molecular flexibility index (Phi) is 2.92. The van der Waals surface area contributed by atoms with Crippen molar-refractivity contribution in [1.82, 2.24) is 0 Å². The van der Waals surface area contributed by atoms with E-state index in [4.69, 9.17) is 5.11 Å². The van der Waals surface area contributed by atoms with Crippen LogP contribution in [-0.2, 0) is 6.42 Å². The predicted octanol–water partition coefficient (Wildman–Crippen LogP) is 2.74. The Morgan fingerprint density at radius 2 is 2.06 bits per heavy atom. The number of hydrogen-bond donors (Lipinski definition) is 2. The minimum Gasteiger partial charge on any atom is -0.507 e. The van der Waals surface area contributed by atoms with E-state index in [2.05, 4.69) is 0 Å². The fraction of sp³-hybridized carbons (Fsp3) is 0.0833. The van der Waals surface area contributed by atoms with E-state index in [-0.39, 0.29) is 11.3 Å². The van der Waals surface area contributed by atoms with E-state index >= 15 is 0 Å². The molecule has 82 valence electrons. The van der Waals surface area contributed by atoms with Crippen LogP contribution in [0.5, 0.6) is 5.75 Å². The Morgan fingerprint density at radius 1 is 1.25 bits per heavy atom. The van der Waals surface area contributed by atoms with E-state index in [9.17, 15) is 9.90 Å². The van der Waals surface area contributed by atoms with Gasteiger partial charge in [-0.3, -0.25) is 0 Å². The molecule has 0 aliphatic heterocycles. The van der Waals surface area contributed by atoms with Crippen molar-refractivity contribution in [2.75, 3.05) is 0 Å². The third-order valence-electron chi connectivity index (χ3n) is 2.29. The second kappa shape index (κ2) is 4.37. The van der Waals surface area contributed by atoms with E-state index < -0.39 is 5.97 Å². The number of benzene rings is 1. The highest BCUT2D eigenvalue weighted by Crippen LogP contribution is 2.24. The van der Waals surface area contributed by atoms with Gasteiger partial charge < -0.3 is 10.2 Å². The molecule has 2 aromatic rings. The predicted molar refractivity (Wildman–Crippen MR) is 62.2 cm³/mol. The van der Waals surface area contributed by atoms with E-state index in [0.717, 1.165) is 4.88 Å². The van der Waals surface area contributed by atoms with Crippen molar-refractivity contribution in [1.29, 1.82) is 0 Å². The third-order valence-corrected chi connectivity index (χ3v) is 3.16. The summed E-state index contributed by atoms with van der Waals surface area (Å²) in [6.07, 6.45) is 0.535. The first kappa shape index (κ1) is 10.7. The van der Waals surface area contributed by atoms with Crippen LogP contribution in [0.1, 0.15) is 20.8 Å². The highest BCUT2D eigenvalue weighted by Gasteiger charge is 2.15. The summed E-state index contributed by atoms with van der Waals surface area (Å²) >= 11 is 1.57. The second-order valence-corrected chi connectivity index (χ2v) is 4.40. The molecule has 0 unspecified atom stereocenters. The fourth-order valence-electron chi connectivity index (χ4n) is 1.58. The Balaban J connectivity index is 2.40. The Bertz CT molecular complexity index is 503. The summed E-state index contributed by atoms with van der Waals surface area (Å²) in [5.74, 6) is -1.27. The normalized spacial score (nSPS) is 10.2. The molecule has 0 bridgehead atoms. The molecule has 0 atom stereocenters. The highest BCUT2D eigenvalue weighted by atomic mass is 32.1. The number of phenols is 1. The number of thiophene rings is 1. The van der Waals surface area contributed by atoms with Crippen LogP contribution >= 0.6 is 11.3 Å². The maximum absolute atomic E-state index is 11.0. The first-order valence-corrected chi connectivity index (χ1v) is 5.63. The van der Waals surface area contributed by atoms with E-state index in [1.165, 1.54) is 6.07 Å². The number of carbonyl (C=O) groups is 1. The van der Waals surface area contributed by atoms with Crippen molar-refractivity contribution in [2.24, 2.45) is 0 Å². The number of rotatable bonds is 3. The Morgan fingerprint density at radius 3 is 2.69 bits per heavy atom. The molecule has 3 nitrogen and oxygen atoms in total. The fourth-order valence-corrected chi connectivity index (χ4v) is 2.31. The standard InChI is InChI=1S/C12H10O3S/c13-10-5-1-3-8(11(10)12(14)15)7-9-4-2-6-16-9/h1-6,13H,7H2,(H,14,15). The maximum Gasteiger partial charge on any atom is 0.339 e. The van der Waals surface area contributed by atoms with Gasteiger partial charge in [0.05, 0.1) is 0 Å². The molecule has 0 saturated heterocycles. The number of aromatic carboxylic acids is 1. The molecule has 0 aliphatic rings. The Hall–Kier alpha value is -1.81. The van der Waals surface area contributed by atoms with Crippen molar-refractivity contribution in [2.45, 2.75) is 6.42 Å². The van der Waals surface area contributed by atoms with E-state index in [1.807, 2.05) is 17.5 Å². The van der Waals surface area contributed by atoms with Gasteiger partial charge in [-0.2, -0.15) is 0 Å². The van der Waals surface area contributed by atoms with Crippen LogP contribution in [0.2, 0.25) is 0 Å². The summed E-state index contributed by atoms with van der Waals surface area (Å²) < 4.78 is 0. The monoisotopic (exact) mass is 234 g/mol. The molecule has 0 saturated carbocycles. The van der Waals surface area contributed by atoms with Gasteiger partial charge in [0.15, 0.2) is 0 Å². The molecule has 0 fully saturated rings. The lowest BCUT2D eigenvalue weighted by atomic mass is 10.0. The molecule has 0 spiro atoms. The Labute approximate surface area is 96.6 Å². The van der Waals surface area contributed by atoms with Crippen LogP contribution < -0.4 is 0 Å². The van der Waals surface area contributed by atoms with Crippen LogP contribution in [0.15, 0.2) is 35.7 Å². The molecule has 0 radical (unpaired) electrons. The molecule has 1 aromatic carbocycles. The average Bonchev–Trinajstić information content (AvgIpc) is 2.70. The molecule has 1 heterocycles. The van der Waals surface area contributed by atoms with Gasteiger partial charge in [0.25, 0.3) is 0 Å². The molecule has 2 rings (SSSR count). The lowest BCUT2D eigenvalue weighted by Gasteiger charge is -2.06. The molecular formula is C12H10O3S. The smallest absolute Gasteiger partial charge is 0.339 e. The van der Waals surface area contributed by atoms with Crippen molar-refractivity contribution >= 4 is 17.3 Å². The van der Waals surface area contributed by atoms with Crippen LogP contribution in [-0.4, -0.2) is 16.2 Å². The molecule has 2 N–H and O–H groups in total. The molecule has 1 aromatic heterocycles. The van der Waals surface area contributed by atoms with Gasteiger partial charge >= 0.3 is 5.97 Å². The zero-order valence-electron chi connectivity index (χ0n) is 8.38. The third kappa shape index (κ3) is 2.06. The van der Waals surface area contributed by atoms with Crippen molar-refractivity contribution in [3.63, 3.8) is 0 Å². The molecular weight excluding hydrogens is 224 g/mol. The van der Waals surface area contributed by atoms with Crippen LogP contribution in [0.25, 0.3) is 0 Å². The van der Waals surface area contributed by atoms with Gasteiger partial charge in [0.1, 0.15) is 11.3 Å². The van der Waals surface area contributed by atoms with Gasteiger partial charge in [-0.25, -0.2) is 4.79 Å². The molecule has 0 aliphatic carbocycles. The van der Waals surface area contributed by atoms with Gasteiger partial charge in [-0.05, 0) is 23.1 Å². The summed E-state index contributed by atoms with van der Waals surface area (Å²) in [7, 11) is 0. The van der Waals surface area contributed by atoms with E-state index in [1.54, 1.807) is 23.5 Å². The summed E-state index contributed by atoms with van der Waals surface area (Å²) in [5.41, 5.74) is 0.630. The highest BCUT2D eigenvalue weighted by molar-refractivity contribution is 7.09. The minimum atomic E-state index is -1.09. The number of carboxylic acids is 1. The zero-order valence-corrected chi connectivity index (χ0v) is 9.20. The SMILES string of the molecule is O=C(O)c1c(O)cccc1Cc1cccs1. The van der Waals surface area contributed by atoms with Gasteiger partial charge in [-0.15, -0.1) is 11.3 Å². The van der Waals surface area contributed by atoms with Gasteiger partial charge in [-0.1, -0.05) is 18.2 Å². The maximum atomic E-state index is 11.0. The quantitative estimate of drug-likeness (QED) is 0.858. The van der Waals surface area contributed by atoms with Gasteiger partial charge in [0, 0.05) is 11.3 Å². The van der Waals surface area contributed by atoms with Crippen LogP contribution in [0, 0.1) is 0 Å². The summed E-state index contributed by atoms with van der Waals surface area (Å²) in [5, 5.41) is 20.5. The average molecular weight is 234 g/mol. The van der Waals surface area contributed by atoms with Crippen molar-refractivity contribution in [3.05, 3.63) is 51.7 Å². The number of hydrogen-bond acceptors (Lipinski definition) is 3. The lowest BCUT2D eigenvalue weighted by Crippen LogP contribution is -2.02.